The summed E-state index contributed by atoms with van der Waals surface area (Å²) >= 11 is 3.51. The van der Waals surface area contributed by atoms with Gasteiger partial charge in [0, 0.05) is 22.5 Å². The van der Waals surface area contributed by atoms with Crippen LogP contribution in [0.2, 0.25) is 0 Å². The fourth-order valence-corrected chi connectivity index (χ4v) is 4.25. The number of halogens is 1. The van der Waals surface area contributed by atoms with E-state index < -0.39 is 5.72 Å². The van der Waals surface area contributed by atoms with Crippen LogP contribution in [-0.2, 0) is 6.42 Å². The molecule has 0 aromatic heterocycles. The largest absolute Gasteiger partial charge is 0.467 e. The molecule has 0 saturated carbocycles. The van der Waals surface area contributed by atoms with Crippen LogP contribution in [0.5, 0.6) is 5.75 Å². The molecule has 2 aromatic rings. The third-order valence-corrected chi connectivity index (χ3v) is 5.99. The van der Waals surface area contributed by atoms with Crippen LogP contribution in [0, 0.1) is 5.92 Å². The number of carbonyl (C=O) groups excluding carboxylic acids is 1. The molecule has 2 bridgehead atoms. The van der Waals surface area contributed by atoms with E-state index >= 15 is 0 Å². The minimum Gasteiger partial charge on any atom is -0.467 e. The maximum absolute atomic E-state index is 12.8. The summed E-state index contributed by atoms with van der Waals surface area (Å²) in [4.78, 5) is 14.6. The minimum absolute atomic E-state index is 0.0354. The molecule has 1 saturated heterocycles. The second-order valence-corrected chi connectivity index (χ2v) is 7.86. The number of hydrogen-bond donors (Lipinski definition) is 1. The van der Waals surface area contributed by atoms with Crippen molar-refractivity contribution in [3.63, 3.8) is 0 Å². The van der Waals surface area contributed by atoms with Gasteiger partial charge in [-0.3, -0.25) is 4.90 Å². The molecule has 2 amide bonds. The summed E-state index contributed by atoms with van der Waals surface area (Å²) in [6.07, 6.45) is 0.803. The van der Waals surface area contributed by atoms with Crippen molar-refractivity contribution in [1.82, 2.24) is 10.2 Å². The predicted octanol–water partition coefficient (Wildman–Crippen LogP) is 4.50. The molecule has 2 unspecified atom stereocenters. The van der Waals surface area contributed by atoms with Gasteiger partial charge in [0.2, 0.25) is 0 Å². The van der Waals surface area contributed by atoms with E-state index in [2.05, 4.69) is 40.3 Å². The summed E-state index contributed by atoms with van der Waals surface area (Å²) in [6, 6.07) is 16.1. The second-order valence-electron chi connectivity index (χ2n) is 6.94. The zero-order valence-electron chi connectivity index (χ0n) is 14.3. The highest BCUT2D eigenvalue weighted by atomic mass is 79.9. The summed E-state index contributed by atoms with van der Waals surface area (Å²) in [6.45, 7) is 4.79. The van der Waals surface area contributed by atoms with Gasteiger partial charge in [-0.1, -0.05) is 53.2 Å². The van der Waals surface area contributed by atoms with E-state index in [0.29, 0.717) is 6.54 Å². The topological polar surface area (TPSA) is 41.6 Å². The van der Waals surface area contributed by atoms with Gasteiger partial charge in [-0.15, -0.1) is 0 Å². The van der Waals surface area contributed by atoms with E-state index in [1.54, 1.807) is 0 Å². The molecule has 1 fully saturated rings. The molecule has 0 spiro atoms. The van der Waals surface area contributed by atoms with Crippen molar-refractivity contribution < 1.29 is 9.53 Å². The number of ether oxygens (including phenoxy) is 1. The molecule has 2 heterocycles. The van der Waals surface area contributed by atoms with Crippen molar-refractivity contribution >= 4 is 22.0 Å². The summed E-state index contributed by atoms with van der Waals surface area (Å²) < 4.78 is 7.37. The number of amides is 2. The highest BCUT2D eigenvalue weighted by Crippen LogP contribution is 2.48. The van der Waals surface area contributed by atoms with Crippen LogP contribution in [0.1, 0.15) is 31.0 Å². The third kappa shape index (κ3) is 2.71. The average Bonchev–Trinajstić information content (AvgIpc) is 2.60. The molecule has 2 aliphatic heterocycles. The normalized spacial score (nSPS) is 27.3. The van der Waals surface area contributed by atoms with Crippen LogP contribution >= 0.6 is 15.9 Å². The number of benzene rings is 2. The molecule has 0 aliphatic carbocycles. The van der Waals surface area contributed by atoms with Crippen molar-refractivity contribution in [1.29, 1.82) is 0 Å². The van der Waals surface area contributed by atoms with E-state index in [1.807, 2.05) is 48.2 Å². The van der Waals surface area contributed by atoms with Crippen molar-refractivity contribution in [2.75, 3.05) is 6.54 Å². The first kappa shape index (κ1) is 16.5. The molecule has 2 aliphatic rings. The first-order valence-corrected chi connectivity index (χ1v) is 9.39. The quantitative estimate of drug-likeness (QED) is 0.823. The Balaban J connectivity index is 1.65. The smallest absolute Gasteiger partial charge is 0.321 e. The fraction of sp³-hybridized carbons (Fsp3) is 0.350. The van der Waals surface area contributed by atoms with Gasteiger partial charge in [0.1, 0.15) is 5.75 Å². The van der Waals surface area contributed by atoms with Crippen LogP contribution in [-0.4, -0.2) is 23.2 Å². The van der Waals surface area contributed by atoms with Gasteiger partial charge in [0.25, 0.3) is 0 Å². The lowest BCUT2D eigenvalue weighted by atomic mass is 9.80. The molecule has 130 valence electrons. The Morgan fingerprint density at radius 3 is 2.76 bits per heavy atom. The van der Waals surface area contributed by atoms with E-state index in [4.69, 9.17) is 4.74 Å². The predicted molar refractivity (Wildman–Crippen MR) is 100 cm³/mol. The number of urea groups is 1. The van der Waals surface area contributed by atoms with E-state index in [0.717, 1.165) is 22.2 Å². The zero-order valence-corrected chi connectivity index (χ0v) is 15.9. The number of nitrogens with zero attached hydrogens (tertiary/aromatic N) is 1. The Hall–Kier alpha value is -2.01. The standard InChI is InChI=1S/C20H21BrN2O2/c1-13-18-16-12-15(21)8-9-17(16)25-20(13,2)23(19(24)22-18)11-10-14-6-4-3-5-7-14/h3-9,12-13,18H,10-11H2,1-2H3,(H,22,24)/t13?,18?,20-/m0/s1. The van der Waals surface area contributed by atoms with Gasteiger partial charge in [-0.25, -0.2) is 4.79 Å². The molecule has 2 aromatic carbocycles. The van der Waals surface area contributed by atoms with Gasteiger partial charge in [0.15, 0.2) is 5.72 Å². The Kier molecular flexibility index (Phi) is 3.99. The van der Waals surface area contributed by atoms with Crippen molar-refractivity contribution in [2.24, 2.45) is 5.92 Å². The van der Waals surface area contributed by atoms with Gasteiger partial charge >= 0.3 is 6.03 Å². The molecule has 3 atom stereocenters. The van der Waals surface area contributed by atoms with Crippen molar-refractivity contribution in [3.8, 4) is 5.75 Å². The van der Waals surface area contributed by atoms with Gasteiger partial charge in [0.05, 0.1) is 6.04 Å². The SMILES string of the molecule is CC1C2NC(=O)N(CCc3ccccc3)[C@@]1(C)Oc1ccc(Br)cc12. The molecule has 4 nitrogen and oxygen atoms in total. The monoisotopic (exact) mass is 400 g/mol. The summed E-state index contributed by atoms with van der Waals surface area (Å²) in [5, 5.41) is 3.18. The number of rotatable bonds is 3. The lowest BCUT2D eigenvalue weighted by molar-refractivity contribution is -0.123. The molecule has 25 heavy (non-hydrogen) atoms. The first-order chi connectivity index (χ1) is 12.0. The van der Waals surface area contributed by atoms with E-state index in [-0.39, 0.29) is 18.0 Å². The minimum atomic E-state index is -0.650. The van der Waals surface area contributed by atoms with Crippen molar-refractivity contribution in [2.45, 2.75) is 32.0 Å². The maximum atomic E-state index is 12.8. The molecular formula is C20H21BrN2O2. The number of carbonyl (C=O) groups is 1. The lowest BCUT2D eigenvalue weighted by Gasteiger charge is -2.54. The van der Waals surface area contributed by atoms with Gasteiger partial charge in [-0.2, -0.15) is 0 Å². The Labute approximate surface area is 156 Å². The fourth-order valence-electron chi connectivity index (χ4n) is 3.87. The van der Waals surface area contributed by atoms with Crippen LogP contribution in [0.25, 0.3) is 0 Å². The van der Waals surface area contributed by atoms with E-state index in [9.17, 15) is 4.79 Å². The van der Waals surface area contributed by atoms with Gasteiger partial charge < -0.3 is 10.1 Å². The molecule has 1 N–H and O–H groups in total. The van der Waals surface area contributed by atoms with Crippen LogP contribution in [0.3, 0.4) is 0 Å². The third-order valence-electron chi connectivity index (χ3n) is 5.50. The highest BCUT2D eigenvalue weighted by molar-refractivity contribution is 9.10. The zero-order chi connectivity index (χ0) is 17.6. The highest BCUT2D eigenvalue weighted by Gasteiger charge is 2.54. The lowest BCUT2D eigenvalue weighted by Crippen LogP contribution is -2.69. The molecule has 5 heteroatoms. The van der Waals surface area contributed by atoms with Gasteiger partial charge in [-0.05, 0) is 37.1 Å². The second kappa shape index (κ2) is 6.06. The van der Waals surface area contributed by atoms with E-state index in [1.165, 1.54) is 5.56 Å². The average molecular weight is 401 g/mol. The first-order valence-electron chi connectivity index (χ1n) is 8.59. The summed E-state index contributed by atoms with van der Waals surface area (Å²) in [7, 11) is 0. The Morgan fingerprint density at radius 2 is 2.00 bits per heavy atom. The molecular weight excluding hydrogens is 380 g/mol. The Morgan fingerprint density at radius 1 is 1.24 bits per heavy atom. The molecule has 4 rings (SSSR count). The number of fused-ring (bicyclic) bond motifs is 4. The van der Waals surface area contributed by atoms with Crippen LogP contribution in [0.4, 0.5) is 4.79 Å². The Bertz CT molecular complexity index is 811. The maximum Gasteiger partial charge on any atom is 0.321 e. The summed E-state index contributed by atoms with van der Waals surface area (Å²) in [5.74, 6) is 0.987. The van der Waals surface area contributed by atoms with Crippen LogP contribution in [0.15, 0.2) is 53.0 Å². The summed E-state index contributed by atoms with van der Waals surface area (Å²) in [5.41, 5.74) is 1.60. The number of nitrogens with one attached hydrogen (secondary N) is 1. The number of hydrogen-bond acceptors (Lipinski definition) is 2. The molecule has 0 radical (unpaired) electrons. The van der Waals surface area contributed by atoms with Crippen molar-refractivity contribution in [3.05, 3.63) is 64.1 Å². The van der Waals surface area contributed by atoms with Crippen LogP contribution < -0.4 is 10.1 Å².